The van der Waals surface area contributed by atoms with Crippen LogP contribution < -0.4 is 10.2 Å². The summed E-state index contributed by atoms with van der Waals surface area (Å²) < 4.78 is 62.5. The van der Waals surface area contributed by atoms with E-state index in [2.05, 4.69) is 12.2 Å². The monoisotopic (exact) mass is 492 g/mol. The lowest BCUT2D eigenvalue weighted by molar-refractivity contribution is -0.205. The van der Waals surface area contributed by atoms with Gasteiger partial charge >= 0.3 is 13.5 Å². The lowest BCUT2D eigenvalue weighted by Crippen LogP contribution is -2.43. The predicted octanol–water partition coefficient (Wildman–Crippen LogP) is 2.31. The maximum atomic E-state index is 15.3. The van der Waals surface area contributed by atoms with E-state index in [-0.39, 0.29) is 12.4 Å². The Bertz CT molecular complexity index is 1240. The zero-order valence-corrected chi connectivity index (χ0v) is 18.5. The lowest BCUT2D eigenvalue weighted by atomic mass is 10.1. The molecular weight excluding hydrogens is 473 g/mol. The summed E-state index contributed by atoms with van der Waals surface area (Å²) in [5, 5.41) is 20.4. The number of fused-ring (bicyclic) bond motifs is 1. The number of nitrogens with one attached hydrogen (secondary N) is 1. The van der Waals surface area contributed by atoms with Crippen LogP contribution in [0.25, 0.3) is 0 Å². The van der Waals surface area contributed by atoms with Crippen LogP contribution in [0, 0.1) is 24.3 Å². The van der Waals surface area contributed by atoms with Gasteiger partial charge in [0, 0.05) is 5.56 Å². The van der Waals surface area contributed by atoms with Gasteiger partial charge in [0.25, 0.3) is 5.85 Å². The molecule has 1 fully saturated rings. The van der Waals surface area contributed by atoms with Crippen molar-refractivity contribution in [2.75, 3.05) is 6.61 Å². The highest BCUT2D eigenvalue weighted by molar-refractivity contribution is 7.71. The Morgan fingerprint density at radius 3 is 2.84 bits per heavy atom. The number of aliphatic hydroxyl groups is 2. The van der Waals surface area contributed by atoms with Crippen LogP contribution in [0.5, 0.6) is 5.75 Å². The summed E-state index contributed by atoms with van der Waals surface area (Å²) in [5.74, 6) is -3.89. The highest BCUT2D eigenvalue weighted by Crippen LogP contribution is 2.56. The smallest absolute Gasteiger partial charge is 0.403 e. The molecule has 1 saturated heterocycles. The molecule has 0 aliphatic carbocycles. The summed E-state index contributed by atoms with van der Waals surface area (Å²) in [6.45, 7) is 2.29. The van der Waals surface area contributed by atoms with E-state index in [1.165, 1.54) is 0 Å². The number of rotatable bonds is 4. The van der Waals surface area contributed by atoms with E-state index in [4.69, 9.17) is 18.3 Å². The molecular formula is C18H19F2N2O8PS. The summed E-state index contributed by atoms with van der Waals surface area (Å²) >= 11 is 4.59. The van der Waals surface area contributed by atoms with E-state index in [0.29, 0.717) is 21.9 Å². The van der Waals surface area contributed by atoms with Gasteiger partial charge in [-0.05, 0) is 19.4 Å². The third kappa shape index (κ3) is 4.05. The van der Waals surface area contributed by atoms with E-state index in [1.807, 2.05) is 11.9 Å². The minimum atomic E-state index is -4.31. The number of phosphoric ester groups is 1. The van der Waals surface area contributed by atoms with Crippen LogP contribution in [0.3, 0.4) is 0 Å². The molecule has 14 heteroatoms. The molecule has 0 bridgehead atoms. The number of alkyl halides is 1. The van der Waals surface area contributed by atoms with E-state index in [0.717, 1.165) is 5.56 Å². The minimum absolute atomic E-state index is 0.124. The number of H-pyrrole nitrogens is 1. The number of hydrogen-bond acceptors (Lipinski definition) is 9. The first kappa shape index (κ1) is 23.2. The molecule has 10 nitrogen and oxygen atoms in total. The van der Waals surface area contributed by atoms with Crippen molar-refractivity contribution >= 4 is 20.0 Å². The van der Waals surface area contributed by atoms with E-state index in [9.17, 15) is 24.0 Å². The summed E-state index contributed by atoms with van der Waals surface area (Å²) in [5.41, 5.74) is 1.22. The lowest BCUT2D eigenvalue weighted by Gasteiger charge is -2.29. The van der Waals surface area contributed by atoms with Gasteiger partial charge in [-0.25, -0.2) is 18.1 Å². The highest BCUT2D eigenvalue weighted by Gasteiger charge is 2.57. The van der Waals surface area contributed by atoms with Gasteiger partial charge in [-0.15, -0.1) is 0 Å². The summed E-state index contributed by atoms with van der Waals surface area (Å²) in [4.78, 5) is 14.0. The van der Waals surface area contributed by atoms with Gasteiger partial charge in [-0.2, -0.15) is 0 Å². The molecule has 2 aliphatic heterocycles. The molecule has 0 radical (unpaired) electrons. The Morgan fingerprint density at radius 1 is 1.41 bits per heavy atom. The van der Waals surface area contributed by atoms with Gasteiger partial charge in [0.2, 0.25) is 0 Å². The fourth-order valence-electron chi connectivity index (χ4n) is 3.54. The van der Waals surface area contributed by atoms with Crippen molar-refractivity contribution in [3.05, 3.63) is 56.0 Å². The van der Waals surface area contributed by atoms with Crippen molar-refractivity contribution < 1.29 is 41.9 Å². The molecule has 0 spiro atoms. The van der Waals surface area contributed by atoms with Crippen LogP contribution in [-0.2, 0) is 25.0 Å². The van der Waals surface area contributed by atoms with Crippen molar-refractivity contribution in [2.24, 2.45) is 0 Å². The third-order valence-corrected chi connectivity index (χ3v) is 6.66. The Hall–Kier alpha value is -1.99. The molecule has 2 aliphatic rings. The largest absolute Gasteiger partial charge is 0.530 e. The Balaban J connectivity index is 1.53. The molecule has 32 heavy (non-hydrogen) atoms. The van der Waals surface area contributed by atoms with Crippen molar-refractivity contribution in [1.29, 1.82) is 0 Å². The second-order valence-electron chi connectivity index (χ2n) is 7.53. The van der Waals surface area contributed by atoms with Crippen molar-refractivity contribution in [3.8, 4) is 5.75 Å². The quantitative estimate of drug-likeness (QED) is 0.435. The van der Waals surface area contributed by atoms with Gasteiger partial charge in [-0.1, -0.05) is 29.9 Å². The van der Waals surface area contributed by atoms with Crippen LogP contribution in [0.4, 0.5) is 8.78 Å². The van der Waals surface area contributed by atoms with Gasteiger partial charge in [0.15, 0.2) is 12.0 Å². The Labute approximate surface area is 184 Å². The number of aromatic nitrogens is 2. The number of phosphoric acid groups is 1. The van der Waals surface area contributed by atoms with Crippen LogP contribution in [0.15, 0.2) is 23.1 Å². The molecule has 2 aromatic rings. The molecule has 1 aromatic carbocycles. The molecule has 3 N–H and O–H groups in total. The van der Waals surface area contributed by atoms with Crippen molar-refractivity contribution in [2.45, 2.75) is 44.7 Å². The SMILES string of the molecule is Cc1cc(C)c2c(c1)COP(=O)(OC[C@@]1(F)O[C@@H](n3cc(F)c(=S)[nH]c3=O)[C@H](O)[C@@H]1O)O2. The number of aromatic amines is 1. The maximum absolute atomic E-state index is 15.3. The van der Waals surface area contributed by atoms with Gasteiger partial charge < -0.3 is 19.5 Å². The second-order valence-corrected chi connectivity index (χ2v) is 9.53. The van der Waals surface area contributed by atoms with Crippen molar-refractivity contribution in [3.63, 3.8) is 0 Å². The second kappa shape index (κ2) is 8.10. The van der Waals surface area contributed by atoms with Crippen molar-refractivity contribution in [1.82, 2.24) is 9.55 Å². The number of benzene rings is 1. The normalized spacial score (nSPS) is 31.9. The molecule has 174 valence electrons. The predicted molar refractivity (Wildman–Crippen MR) is 107 cm³/mol. The fourth-order valence-corrected chi connectivity index (χ4v) is 4.98. The zero-order chi connectivity index (χ0) is 23.4. The zero-order valence-electron chi connectivity index (χ0n) is 16.8. The highest BCUT2D eigenvalue weighted by atomic mass is 32.1. The van der Waals surface area contributed by atoms with Crippen LogP contribution in [0.1, 0.15) is 22.9 Å². The molecule has 1 unspecified atom stereocenters. The molecule has 0 saturated carbocycles. The standard InChI is InChI=1S/C18H19F2N2O8PS/c1-8-3-9(2)13-10(4-8)6-27-31(26,30-13)28-7-18(20)14(24)12(23)16(29-18)22-5-11(19)15(32)21-17(22)25/h3-5,12,14,16,23-24H,6-7H2,1-2H3,(H,21,25,32)/t12-,14+,16-,18-,31?/m1/s1. The molecule has 3 heterocycles. The first-order valence-corrected chi connectivity index (χ1v) is 11.2. The van der Waals surface area contributed by atoms with Gasteiger partial charge in [0.1, 0.15) is 29.2 Å². The number of ether oxygens (including phenoxy) is 1. The van der Waals surface area contributed by atoms with E-state index < -0.39 is 54.9 Å². The average molecular weight is 492 g/mol. The maximum Gasteiger partial charge on any atom is 0.530 e. The van der Waals surface area contributed by atoms with E-state index in [1.54, 1.807) is 19.1 Å². The molecule has 4 rings (SSSR count). The van der Waals surface area contributed by atoms with Crippen LogP contribution in [-0.4, -0.2) is 44.4 Å². The molecule has 0 amide bonds. The summed E-state index contributed by atoms with van der Waals surface area (Å²) in [6.07, 6.45) is -5.46. The average Bonchev–Trinajstić information content (AvgIpc) is 2.95. The first-order valence-electron chi connectivity index (χ1n) is 9.35. The fraction of sp³-hybridized carbons (Fsp3) is 0.444. The number of halogens is 2. The topological polar surface area (TPSA) is 132 Å². The Morgan fingerprint density at radius 2 is 2.12 bits per heavy atom. The molecule has 5 atom stereocenters. The molecule has 1 aromatic heterocycles. The number of aryl methyl sites for hydroxylation is 2. The number of nitrogens with zero attached hydrogens (tertiary/aromatic N) is 1. The van der Waals surface area contributed by atoms with Crippen LogP contribution >= 0.6 is 20.0 Å². The van der Waals surface area contributed by atoms with Gasteiger partial charge in [0.05, 0.1) is 12.8 Å². The van der Waals surface area contributed by atoms with Crippen LogP contribution in [0.2, 0.25) is 0 Å². The summed E-state index contributed by atoms with van der Waals surface area (Å²) in [7, 11) is -4.31. The number of aliphatic hydroxyl groups excluding tert-OH is 2. The number of hydrogen-bond donors (Lipinski definition) is 3. The third-order valence-electron chi connectivity index (χ3n) is 5.07. The van der Waals surface area contributed by atoms with E-state index >= 15 is 4.39 Å². The summed E-state index contributed by atoms with van der Waals surface area (Å²) in [6, 6.07) is 3.56. The first-order chi connectivity index (χ1) is 14.9. The van der Waals surface area contributed by atoms with Gasteiger partial charge in [-0.3, -0.25) is 18.6 Å². The Kier molecular flexibility index (Phi) is 5.87. The minimum Gasteiger partial charge on any atom is -0.403 e.